The second-order valence-electron chi connectivity index (χ2n) is 7.36. The van der Waals surface area contributed by atoms with Gasteiger partial charge in [0.25, 0.3) is 5.91 Å². The topological polar surface area (TPSA) is 102 Å². The van der Waals surface area contributed by atoms with Crippen molar-refractivity contribution in [2.45, 2.75) is 24.1 Å². The van der Waals surface area contributed by atoms with Crippen molar-refractivity contribution in [3.8, 4) is 11.5 Å². The summed E-state index contributed by atoms with van der Waals surface area (Å²) in [5.74, 6) is 0.194. The van der Waals surface area contributed by atoms with E-state index in [0.29, 0.717) is 34.1 Å². The molecular weight excluding hydrogens is 462 g/mol. The van der Waals surface area contributed by atoms with Crippen LogP contribution in [-0.4, -0.2) is 24.3 Å². The van der Waals surface area contributed by atoms with Gasteiger partial charge in [-0.1, -0.05) is 17.7 Å². The van der Waals surface area contributed by atoms with E-state index in [1.54, 1.807) is 43.6 Å². The Morgan fingerprint density at radius 2 is 1.79 bits per heavy atom. The lowest BCUT2D eigenvalue weighted by Crippen LogP contribution is -2.22. The van der Waals surface area contributed by atoms with Crippen molar-refractivity contribution in [1.29, 1.82) is 0 Å². The monoisotopic (exact) mass is 481 g/mol. The molecule has 168 valence electrons. The Morgan fingerprint density at radius 1 is 1.06 bits per heavy atom. The van der Waals surface area contributed by atoms with Crippen LogP contribution in [-0.2, 0) is 22.1 Å². The van der Waals surface area contributed by atoms with Gasteiger partial charge in [-0.25, -0.2) is 13.4 Å². The lowest BCUT2D eigenvalue weighted by molar-refractivity contribution is 0.0951. The van der Waals surface area contributed by atoms with Crippen molar-refractivity contribution >= 4 is 27.3 Å². The van der Waals surface area contributed by atoms with E-state index < -0.39 is 9.84 Å². The molecule has 7 nitrogen and oxygen atoms in total. The van der Waals surface area contributed by atoms with Gasteiger partial charge in [0, 0.05) is 35.1 Å². The Labute approximate surface area is 196 Å². The van der Waals surface area contributed by atoms with Crippen molar-refractivity contribution in [2.24, 2.45) is 0 Å². The number of carbonyl (C=O) groups is 1. The summed E-state index contributed by atoms with van der Waals surface area (Å²) in [4.78, 5) is 21.0. The van der Waals surface area contributed by atoms with Gasteiger partial charge in [-0.3, -0.25) is 9.78 Å². The molecule has 0 saturated heterocycles. The van der Waals surface area contributed by atoms with Crippen molar-refractivity contribution in [3.05, 3.63) is 101 Å². The quantitative estimate of drug-likeness (QED) is 0.413. The van der Waals surface area contributed by atoms with Crippen molar-refractivity contribution in [2.75, 3.05) is 0 Å². The molecule has 9 heteroatoms. The van der Waals surface area contributed by atoms with Crippen LogP contribution >= 0.6 is 11.6 Å². The third-order valence-corrected chi connectivity index (χ3v) is 6.86. The number of benzene rings is 2. The van der Waals surface area contributed by atoms with Crippen LogP contribution in [0.25, 0.3) is 11.5 Å². The number of hydrogen-bond acceptors (Lipinski definition) is 6. The van der Waals surface area contributed by atoms with Gasteiger partial charge in [0.05, 0.1) is 10.6 Å². The first-order valence-electron chi connectivity index (χ1n) is 10.0. The molecule has 0 spiro atoms. The number of hydrogen-bond donors (Lipinski definition) is 1. The van der Waals surface area contributed by atoms with Gasteiger partial charge >= 0.3 is 0 Å². The van der Waals surface area contributed by atoms with Crippen molar-refractivity contribution < 1.29 is 17.6 Å². The van der Waals surface area contributed by atoms with Crippen molar-refractivity contribution in [1.82, 2.24) is 15.3 Å². The third-order valence-electron chi connectivity index (χ3n) is 4.96. The number of carbonyl (C=O) groups excluding carboxylic acids is 1. The van der Waals surface area contributed by atoms with E-state index in [4.69, 9.17) is 16.0 Å². The fourth-order valence-electron chi connectivity index (χ4n) is 3.14. The van der Waals surface area contributed by atoms with Gasteiger partial charge in [0.1, 0.15) is 11.5 Å². The van der Waals surface area contributed by atoms with Crippen LogP contribution in [0.5, 0.6) is 0 Å². The number of amides is 1. The largest absolute Gasteiger partial charge is 0.441 e. The molecule has 33 heavy (non-hydrogen) atoms. The summed E-state index contributed by atoms with van der Waals surface area (Å²) >= 11 is 5.84. The molecule has 0 saturated carbocycles. The van der Waals surface area contributed by atoms with E-state index in [2.05, 4.69) is 15.3 Å². The van der Waals surface area contributed by atoms with Gasteiger partial charge in [0.2, 0.25) is 5.89 Å². The summed E-state index contributed by atoms with van der Waals surface area (Å²) in [6.45, 7) is 2.04. The summed E-state index contributed by atoms with van der Waals surface area (Å²) in [5.41, 5.74) is 2.35. The molecule has 2 heterocycles. The second-order valence-corrected chi connectivity index (χ2v) is 9.78. The number of halogens is 1. The van der Waals surface area contributed by atoms with E-state index >= 15 is 0 Å². The zero-order valence-electron chi connectivity index (χ0n) is 17.7. The third kappa shape index (κ3) is 5.47. The summed E-state index contributed by atoms with van der Waals surface area (Å²) in [6.07, 6.45) is 3.37. The minimum absolute atomic E-state index is 0.164. The van der Waals surface area contributed by atoms with Crippen LogP contribution in [0.3, 0.4) is 0 Å². The zero-order chi connectivity index (χ0) is 23.4. The van der Waals surface area contributed by atoms with E-state index in [9.17, 15) is 13.2 Å². The Hall–Kier alpha value is -3.49. The van der Waals surface area contributed by atoms with Gasteiger partial charge in [-0.2, -0.15) is 0 Å². The van der Waals surface area contributed by atoms with Gasteiger partial charge < -0.3 is 9.73 Å². The van der Waals surface area contributed by atoms with Crippen LogP contribution in [0.2, 0.25) is 5.02 Å². The maximum absolute atomic E-state index is 12.7. The highest BCUT2D eigenvalue weighted by Crippen LogP contribution is 2.25. The molecule has 0 atom stereocenters. The molecule has 4 rings (SSSR count). The number of sulfone groups is 1. The highest BCUT2D eigenvalue weighted by molar-refractivity contribution is 7.90. The normalized spacial score (nSPS) is 11.3. The van der Waals surface area contributed by atoms with E-state index in [0.717, 1.165) is 5.56 Å². The lowest BCUT2D eigenvalue weighted by atomic mass is 10.1. The molecule has 0 bridgehead atoms. The first-order valence-corrected chi connectivity index (χ1v) is 12.1. The Morgan fingerprint density at radius 3 is 2.45 bits per heavy atom. The van der Waals surface area contributed by atoms with Gasteiger partial charge in [-0.05, 0) is 67.1 Å². The molecule has 1 amide bonds. The first kappa shape index (κ1) is 22.7. The highest BCUT2D eigenvalue weighted by Gasteiger charge is 2.21. The molecule has 1 N–H and O–H groups in total. The number of rotatable bonds is 7. The summed E-state index contributed by atoms with van der Waals surface area (Å²) in [6, 6.07) is 16.4. The molecule has 0 radical (unpaired) electrons. The number of aromatic nitrogens is 2. The minimum atomic E-state index is -3.61. The molecule has 0 aliphatic rings. The molecule has 0 aliphatic carbocycles. The summed E-state index contributed by atoms with van der Waals surface area (Å²) in [5, 5.41) is 3.30. The molecule has 2 aromatic carbocycles. The summed E-state index contributed by atoms with van der Waals surface area (Å²) in [7, 11) is -3.61. The number of oxazole rings is 1. The predicted octanol–water partition coefficient (Wildman–Crippen LogP) is 4.60. The molecular formula is C24H20ClN3O4S. The van der Waals surface area contributed by atoms with Crippen LogP contribution in [0, 0.1) is 6.92 Å². The van der Waals surface area contributed by atoms with Crippen LogP contribution in [0.15, 0.2) is 82.4 Å². The van der Waals surface area contributed by atoms with E-state index in [1.807, 2.05) is 12.1 Å². The Kier molecular flexibility index (Phi) is 6.57. The van der Waals surface area contributed by atoms with Gasteiger partial charge in [-0.15, -0.1) is 0 Å². The van der Waals surface area contributed by atoms with Crippen LogP contribution in [0.1, 0.15) is 27.4 Å². The minimum Gasteiger partial charge on any atom is -0.441 e. The predicted molar refractivity (Wildman–Crippen MR) is 124 cm³/mol. The average molecular weight is 482 g/mol. The first-order chi connectivity index (χ1) is 15.8. The zero-order valence-corrected chi connectivity index (χ0v) is 19.2. The molecule has 2 aromatic heterocycles. The fraction of sp³-hybridized carbons (Fsp3) is 0.125. The van der Waals surface area contributed by atoms with Crippen LogP contribution in [0.4, 0.5) is 0 Å². The molecule has 0 fully saturated rings. The Balaban J connectivity index is 1.46. The molecule has 0 aliphatic heterocycles. The van der Waals surface area contributed by atoms with Crippen LogP contribution < -0.4 is 5.32 Å². The lowest BCUT2D eigenvalue weighted by Gasteiger charge is -2.05. The second kappa shape index (κ2) is 9.56. The SMILES string of the molecule is Cc1oc(-c2ccc(C(=O)NCc3cccnc3)cc2)nc1CS(=O)(=O)c1ccc(Cl)cc1. The fourth-order valence-corrected chi connectivity index (χ4v) is 4.61. The maximum atomic E-state index is 12.7. The van der Waals surface area contributed by atoms with Gasteiger partial charge in [0.15, 0.2) is 9.84 Å². The summed E-state index contributed by atoms with van der Waals surface area (Å²) < 4.78 is 31.1. The number of aryl methyl sites for hydroxylation is 1. The highest BCUT2D eigenvalue weighted by atomic mass is 35.5. The standard InChI is InChI=1S/C24H20ClN3O4S/c1-16-22(15-33(30,31)21-10-8-20(25)9-11-21)28-24(32-16)19-6-4-18(5-7-19)23(29)27-14-17-3-2-12-26-13-17/h2-13H,14-15H2,1H3,(H,27,29). The Bertz CT molecular complexity index is 1370. The van der Waals surface area contributed by atoms with E-state index in [-0.39, 0.29) is 22.4 Å². The number of nitrogens with zero attached hydrogens (tertiary/aromatic N) is 2. The molecule has 0 unspecified atom stereocenters. The molecule has 4 aromatic rings. The number of nitrogens with one attached hydrogen (secondary N) is 1. The maximum Gasteiger partial charge on any atom is 0.251 e. The van der Waals surface area contributed by atoms with Crippen molar-refractivity contribution in [3.63, 3.8) is 0 Å². The number of pyridine rings is 1. The average Bonchev–Trinajstić information content (AvgIpc) is 3.18. The smallest absolute Gasteiger partial charge is 0.251 e. The van der Waals surface area contributed by atoms with E-state index in [1.165, 1.54) is 24.3 Å².